The van der Waals surface area contributed by atoms with Crippen LogP contribution in [0.4, 0.5) is 5.82 Å². The second kappa shape index (κ2) is 9.36. The number of hydrogen-bond acceptors (Lipinski definition) is 6. The van der Waals surface area contributed by atoms with Crippen molar-refractivity contribution in [3.8, 4) is 11.3 Å². The minimum Gasteiger partial charge on any atom is -0.381 e. The van der Waals surface area contributed by atoms with Crippen LogP contribution in [0.2, 0.25) is 5.15 Å². The molecule has 1 aliphatic heterocycles. The molecule has 4 heterocycles. The normalized spacial score (nSPS) is 14.4. The number of anilines is 1. The number of rotatable bonds is 5. The van der Waals surface area contributed by atoms with Crippen LogP contribution >= 0.6 is 11.6 Å². The largest absolute Gasteiger partial charge is 0.381 e. The summed E-state index contributed by atoms with van der Waals surface area (Å²) >= 11 is 5.75. The highest BCUT2D eigenvalue weighted by Gasteiger charge is 2.20. The molecule has 31 heavy (non-hydrogen) atoms. The average molecular weight is 440 g/mol. The molecular formula is C22H22ClN5O3. The highest BCUT2D eigenvalue weighted by atomic mass is 35.5. The van der Waals surface area contributed by atoms with Crippen LogP contribution in [0.3, 0.4) is 0 Å². The summed E-state index contributed by atoms with van der Waals surface area (Å²) in [6.07, 6.45) is 6.94. The van der Waals surface area contributed by atoms with Gasteiger partial charge in [0.15, 0.2) is 11.0 Å². The molecule has 1 fully saturated rings. The van der Waals surface area contributed by atoms with Gasteiger partial charge < -0.3 is 14.6 Å². The molecule has 0 bridgehead atoms. The fourth-order valence-corrected chi connectivity index (χ4v) is 3.60. The van der Waals surface area contributed by atoms with Gasteiger partial charge in [-0.1, -0.05) is 17.7 Å². The molecule has 0 unspecified atom stereocenters. The van der Waals surface area contributed by atoms with E-state index in [1.165, 1.54) is 12.1 Å². The lowest BCUT2D eigenvalue weighted by atomic mass is 10.00. The Balaban J connectivity index is 1.71. The van der Waals surface area contributed by atoms with Crippen LogP contribution in [0.25, 0.3) is 11.3 Å². The molecule has 3 aromatic heterocycles. The van der Waals surface area contributed by atoms with Crippen LogP contribution < -0.4 is 10.7 Å². The first-order valence-electron chi connectivity index (χ1n) is 10.0. The predicted octanol–water partition coefficient (Wildman–Crippen LogP) is 3.34. The third-order valence-electron chi connectivity index (χ3n) is 5.19. The minimum absolute atomic E-state index is 0.0173. The zero-order valence-electron chi connectivity index (χ0n) is 17.0. The minimum atomic E-state index is -0.559. The van der Waals surface area contributed by atoms with Crippen LogP contribution in [0.1, 0.15) is 28.8 Å². The maximum Gasteiger partial charge on any atom is 0.262 e. The average Bonchev–Trinajstić information content (AvgIpc) is 2.78. The predicted molar refractivity (Wildman–Crippen MR) is 117 cm³/mol. The summed E-state index contributed by atoms with van der Waals surface area (Å²) in [7, 11) is 0. The molecule has 160 valence electrons. The molecular weight excluding hydrogens is 418 g/mol. The van der Waals surface area contributed by atoms with Crippen molar-refractivity contribution in [2.75, 3.05) is 18.5 Å². The SMILES string of the molecule is Cc1ccc(-c2cn(CC3CCOCC3)cc(C(=O)Nc3ccc(Cl)nn3)c2=O)nc1. The first kappa shape index (κ1) is 21.1. The summed E-state index contributed by atoms with van der Waals surface area (Å²) in [5.74, 6) is 0.0630. The molecule has 0 aromatic carbocycles. The van der Waals surface area contributed by atoms with Gasteiger partial charge in [-0.2, -0.15) is 0 Å². The standard InChI is InChI=1S/C22H22ClN5O3/c1-14-2-3-18(24-10-14)16-12-28(11-15-6-8-31-9-7-15)13-17(21(16)29)22(30)25-20-5-4-19(23)26-27-20/h2-5,10,12-13,15H,6-9,11H2,1H3,(H,25,27,30). The van der Waals surface area contributed by atoms with Crippen molar-refractivity contribution in [2.24, 2.45) is 5.92 Å². The van der Waals surface area contributed by atoms with E-state index in [0.29, 0.717) is 23.7 Å². The maximum atomic E-state index is 13.2. The molecule has 1 amide bonds. The van der Waals surface area contributed by atoms with Gasteiger partial charge >= 0.3 is 0 Å². The molecule has 4 rings (SSSR count). The first-order valence-corrected chi connectivity index (χ1v) is 10.4. The van der Waals surface area contributed by atoms with Crippen LogP contribution in [-0.4, -0.2) is 38.9 Å². The van der Waals surface area contributed by atoms with E-state index in [2.05, 4.69) is 20.5 Å². The molecule has 1 aliphatic rings. The van der Waals surface area contributed by atoms with E-state index in [-0.39, 0.29) is 22.0 Å². The van der Waals surface area contributed by atoms with Crippen LogP contribution in [-0.2, 0) is 11.3 Å². The maximum absolute atomic E-state index is 13.2. The quantitative estimate of drug-likeness (QED) is 0.654. The number of ether oxygens (including phenoxy) is 1. The van der Waals surface area contributed by atoms with Gasteiger partial charge in [-0.15, -0.1) is 10.2 Å². The Labute approximate surface area is 184 Å². The number of carbonyl (C=O) groups excluding carboxylic acids is 1. The lowest BCUT2D eigenvalue weighted by Crippen LogP contribution is -2.27. The van der Waals surface area contributed by atoms with Gasteiger partial charge in [-0.3, -0.25) is 14.6 Å². The van der Waals surface area contributed by atoms with Crippen molar-refractivity contribution in [1.82, 2.24) is 19.7 Å². The Kier molecular flexibility index (Phi) is 6.39. The number of nitrogens with zero attached hydrogens (tertiary/aromatic N) is 4. The van der Waals surface area contributed by atoms with E-state index in [0.717, 1.165) is 31.6 Å². The number of halogens is 1. The first-order chi connectivity index (χ1) is 15.0. The van der Waals surface area contributed by atoms with Crippen molar-refractivity contribution >= 4 is 23.3 Å². The van der Waals surface area contributed by atoms with Gasteiger partial charge in [0.1, 0.15) is 5.56 Å². The number of aryl methyl sites for hydroxylation is 1. The summed E-state index contributed by atoms with van der Waals surface area (Å²) in [4.78, 5) is 30.5. The molecule has 0 saturated carbocycles. The molecule has 1 saturated heterocycles. The van der Waals surface area contributed by atoms with Gasteiger partial charge in [0, 0.05) is 38.3 Å². The number of hydrogen-bond donors (Lipinski definition) is 1. The van der Waals surface area contributed by atoms with Gasteiger partial charge in [-0.25, -0.2) is 0 Å². The van der Waals surface area contributed by atoms with Crippen LogP contribution in [0.15, 0.2) is 47.7 Å². The number of pyridine rings is 2. The highest BCUT2D eigenvalue weighted by molar-refractivity contribution is 6.29. The second-order valence-corrected chi connectivity index (χ2v) is 7.97. The Morgan fingerprint density at radius 2 is 2.00 bits per heavy atom. The molecule has 3 aromatic rings. The Bertz CT molecular complexity index is 1120. The molecule has 0 radical (unpaired) electrons. The molecule has 8 nitrogen and oxygen atoms in total. The van der Waals surface area contributed by atoms with Crippen LogP contribution in [0, 0.1) is 12.8 Å². The van der Waals surface area contributed by atoms with E-state index < -0.39 is 5.91 Å². The van der Waals surface area contributed by atoms with Gasteiger partial charge in [0.25, 0.3) is 5.91 Å². The number of aromatic nitrogens is 4. The van der Waals surface area contributed by atoms with Gasteiger partial charge in [0.05, 0.1) is 11.3 Å². The zero-order chi connectivity index (χ0) is 21.8. The Hall–Kier alpha value is -3.10. The lowest BCUT2D eigenvalue weighted by molar-refractivity contribution is 0.0612. The second-order valence-electron chi connectivity index (χ2n) is 7.58. The third kappa shape index (κ3) is 5.15. The van der Waals surface area contributed by atoms with Crippen molar-refractivity contribution in [2.45, 2.75) is 26.3 Å². The molecule has 9 heteroatoms. The third-order valence-corrected chi connectivity index (χ3v) is 5.40. The van der Waals surface area contributed by atoms with Crippen LogP contribution in [0.5, 0.6) is 0 Å². The molecule has 0 aliphatic carbocycles. The Morgan fingerprint density at radius 1 is 1.19 bits per heavy atom. The number of carbonyl (C=O) groups is 1. The van der Waals surface area contributed by atoms with Gasteiger partial charge in [-0.05, 0) is 49.4 Å². The molecule has 1 N–H and O–H groups in total. The summed E-state index contributed by atoms with van der Waals surface area (Å²) in [5, 5.41) is 10.4. The van der Waals surface area contributed by atoms with Crippen molar-refractivity contribution in [3.05, 3.63) is 69.4 Å². The fraction of sp³-hybridized carbons (Fsp3) is 0.318. The summed E-state index contributed by atoms with van der Waals surface area (Å²) in [5.41, 5.74) is 1.52. The fourth-order valence-electron chi connectivity index (χ4n) is 3.50. The summed E-state index contributed by atoms with van der Waals surface area (Å²) in [6.45, 7) is 4.06. The smallest absolute Gasteiger partial charge is 0.262 e. The zero-order valence-corrected chi connectivity index (χ0v) is 17.8. The summed E-state index contributed by atoms with van der Waals surface area (Å²) < 4.78 is 7.34. The molecule has 0 atom stereocenters. The number of amides is 1. The topological polar surface area (TPSA) is 99.0 Å². The van der Waals surface area contributed by atoms with Crippen molar-refractivity contribution in [3.63, 3.8) is 0 Å². The lowest BCUT2D eigenvalue weighted by Gasteiger charge is -2.23. The highest BCUT2D eigenvalue weighted by Crippen LogP contribution is 2.20. The monoisotopic (exact) mass is 439 g/mol. The van der Waals surface area contributed by atoms with Crippen molar-refractivity contribution in [1.29, 1.82) is 0 Å². The van der Waals surface area contributed by atoms with Gasteiger partial charge in [0.2, 0.25) is 5.43 Å². The van der Waals surface area contributed by atoms with E-state index in [1.54, 1.807) is 24.7 Å². The Morgan fingerprint density at radius 3 is 2.68 bits per heavy atom. The molecule has 0 spiro atoms. The van der Waals surface area contributed by atoms with Crippen molar-refractivity contribution < 1.29 is 9.53 Å². The van der Waals surface area contributed by atoms with E-state index in [1.807, 2.05) is 17.6 Å². The van der Waals surface area contributed by atoms with E-state index in [4.69, 9.17) is 16.3 Å². The van der Waals surface area contributed by atoms with E-state index >= 15 is 0 Å². The van der Waals surface area contributed by atoms with E-state index in [9.17, 15) is 9.59 Å². The number of nitrogens with one attached hydrogen (secondary N) is 1. The summed E-state index contributed by atoms with van der Waals surface area (Å²) in [6, 6.07) is 6.72.